The molecule has 1 saturated heterocycles. The second kappa shape index (κ2) is 6.26. The zero-order chi connectivity index (χ0) is 15.6. The first-order valence-electron chi connectivity index (χ1n) is 7.20. The maximum absolute atomic E-state index is 12.6. The molecule has 0 radical (unpaired) electrons. The van der Waals surface area contributed by atoms with Crippen LogP contribution in [-0.2, 0) is 9.53 Å². The molecule has 5 nitrogen and oxygen atoms in total. The molecule has 2 N–H and O–H groups in total. The van der Waals surface area contributed by atoms with E-state index in [9.17, 15) is 4.79 Å². The number of nitrogens with zero attached hydrogens (tertiary/aromatic N) is 1. The minimum atomic E-state index is -0.181. The maximum Gasteiger partial charge on any atom is 0.230 e. The molecule has 1 fully saturated rings. The Hall–Kier alpha value is -1.88. The number of para-hydroxylation sites is 1. The van der Waals surface area contributed by atoms with Crippen molar-refractivity contribution in [1.82, 2.24) is 0 Å². The fourth-order valence-corrected chi connectivity index (χ4v) is 2.90. The van der Waals surface area contributed by atoms with Gasteiger partial charge in [-0.2, -0.15) is 0 Å². The number of ether oxygens (including phenoxy) is 1. The Morgan fingerprint density at radius 1 is 1.24 bits per heavy atom. The highest BCUT2D eigenvalue weighted by Crippen LogP contribution is 2.33. The lowest BCUT2D eigenvalue weighted by Crippen LogP contribution is -2.32. The van der Waals surface area contributed by atoms with Crippen LogP contribution in [-0.4, -0.2) is 29.0 Å². The second-order valence-corrected chi connectivity index (χ2v) is 5.65. The molecule has 21 heavy (non-hydrogen) atoms. The van der Waals surface area contributed by atoms with E-state index in [1.54, 1.807) is 13.0 Å². The summed E-state index contributed by atoms with van der Waals surface area (Å²) in [7, 11) is 0. The number of nitrogens with one attached hydrogen (secondary N) is 1. The van der Waals surface area contributed by atoms with Crippen LogP contribution >= 0.6 is 0 Å². The molecule has 0 saturated carbocycles. The minimum Gasteiger partial charge on any atom is -0.411 e. The highest BCUT2D eigenvalue weighted by molar-refractivity contribution is 6.06. The van der Waals surface area contributed by atoms with E-state index in [-0.39, 0.29) is 30.0 Å². The van der Waals surface area contributed by atoms with Crippen LogP contribution in [0.1, 0.15) is 33.3 Å². The van der Waals surface area contributed by atoms with Crippen LogP contribution in [0.2, 0.25) is 0 Å². The summed E-state index contributed by atoms with van der Waals surface area (Å²) in [4.78, 5) is 12.6. The molecule has 4 unspecified atom stereocenters. The van der Waals surface area contributed by atoms with E-state index >= 15 is 0 Å². The number of carbonyl (C=O) groups is 1. The highest BCUT2D eigenvalue weighted by Gasteiger charge is 2.41. The van der Waals surface area contributed by atoms with Crippen LogP contribution < -0.4 is 5.32 Å². The van der Waals surface area contributed by atoms with E-state index in [2.05, 4.69) is 10.5 Å². The third-order valence-electron chi connectivity index (χ3n) is 4.27. The summed E-state index contributed by atoms with van der Waals surface area (Å²) >= 11 is 0. The molecule has 1 aliphatic rings. The molecule has 1 heterocycles. The number of anilines is 1. The Bertz CT molecular complexity index is 556. The fourth-order valence-electron chi connectivity index (χ4n) is 2.90. The summed E-state index contributed by atoms with van der Waals surface area (Å²) in [6.07, 6.45) is -0.0264. The Labute approximate surface area is 125 Å². The van der Waals surface area contributed by atoms with E-state index in [1.165, 1.54) is 0 Å². The summed E-state index contributed by atoms with van der Waals surface area (Å²) in [5.74, 6) is -0.0725. The van der Waals surface area contributed by atoms with Crippen molar-refractivity contribution in [2.45, 2.75) is 39.9 Å². The Kier molecular flexibility index (Phi) is 4.63. The highest BCUT2D eigenvalue weighted by atomic mass is 16.5. The van der Waals surface area contributed by atoms with Crippen LogP contribution in [0.3, 0.4) is 0 Å². The number of hydrogen-bond donors (Lipinski definition) is 2. The first-order valence-corrected chi connectivity index (χ1v) is 7.20. The van der Waals surface area contributed by atoms with Crippen molar-refractivity contribution in [3.8, 4) is 0 Å². The standard InChI is InChI=1S/C16H22N2O3/c1-9-11(3)21-12(4)15(9)16(19)17-14-8-6-5-7-13(14)10(2)18-20/h5-9,11-12,15,20H,1-4H3,(H,17,19). The smallest absolute Gasteiger partial charge is 0.230 e. The van der Waals surface area contributed by atoms with Gasteiger partial charge in [0, 0.05) is 11.3 Å². The van der Waals surface area contributed by atoms with Gasteiger partial charge in [-0.25, -0.2) is 0 Å². The fraction of sp³-hybridized carbons (Fsp3) is 0.500. The van der Waals surface area contributed by atoms with Gasteiger partial charge in [-0.15, -0.1) is 0 Å². The molecule has 2 rings (SSSR count). The number of hydrogen-bond acceptors (Lipinski definition) is 4. The van der Waals surface area contributed by atoms with Gasteiger partial charge < -0.3 is 15.3 Å². The van der Waals surface area contributed by atoms with Gasteiger partial charge in [0.1, 0.15) is 0 Å². The van der Waals surface area contributed by atoms with Crippen molar-refractivity contribution in [3.63, 3.8) is 0 Å². The van der Waals surface area contributed by atoms with Crippen molar-refractivity contribution in [2.75, 3.05) is 5.32 Å². The average molecular weight is 290 g/mol. The van der Waals surface area contributed by atoms with Gasteiger partial charge in [-0.3, -0.25) is 4.79 Å². The molecule has 0 spiro atoms. The second-order valence-electron chi connectivity index (χ2n) is 5.65. The molecule has 4 atom stereocenters. The predicted octanol–water partition coefficient (Wildman–Crippen LogP) is 2.88. The van der Waals surface area contributed by atoms with Crippen LogP contribution in [0, 0.1) is 11.8 Å². The Balaban J connectivity index is 2.21. The molecule has 5 heteroatoms. The number of oxime groups is 1. The van der Waals surface area contributed by atoms with E-state index in [4.69, 9.17) is 9.94 Å². The van der Waals surface area contributed by atoms with Gasteiger partial charge in [-0.05, 0) is 32.8 Å². The lowest BCUT2D eigenvalue weighted by molar-refractivity contribution is -0.121. The zero-order valence-corrected chi connectivity index (χ0v) is 12.8. The molecule has 0 aliphatic carbocycles. The topological polar surface area (TPSA) is 70.9 Å². The van der Waals surface area contributed by atoms with Crippen molar-refractivity contribution in [1.29, 1.82) is 0 Å². The van der Waals surface area contributed by atoms with Gasteiger partial charge in [0.15, 0.2) is 0 Å². The van der Waals surface area contributed by atoms with Crippen LogP contribution in [0.25, 0.3) is 0 Å². The molecule has 0 bridgehead atoms. The largest absolute Gasteiger partial charge is 0.411 e. The summed E-state index contributed by atoms with van der Waals surface area (Å²) < 4.78 is 5.72. The van der Waals surface area contributed by atoms with E-state index in [0.29, 0.717) is 17.0 Å². The maximum atomic E-state index is 12.6. The van der Waals surface area contributed by atoms with Crippen molar-refractivity contribution < 1.29 is 14.7 Å². The summed E-state index contributed by atoms with van der Waals surface area (Å²) in [6.45, 7) is 7.64. The van der Waals surface area contributed by atoms with Crippen LogP contribution in [0.4, 0.5) is 5.69 Å². The third-order valence-corrected chi connectivity index (χ3v) is 4.27. The van der Waals surface area contributed by atoms with Gasteiger partial charge in [0.05, 0.1) is 23.8 Å². The first-order chi connectivity index (χ1) is 9.95. The Morgan fingerprint density at radius 3 is 2.48 bits per heavy atom. The quantitative estimate of drug-likeness (QED) is 0.511. The minimum absolute atomic E-state index is 0.0578. The molecule has 0 aromatic heterocycles. The molecular formula is C16H22N2O3. The lowest BCUT2D eigenvalue weighted by atomic mass is 9.88. The zero-order valence-electron chi connectivity index (χ0n) is 12.8. The molecule has 1 aromatic rings. The van der Waals surface area contributed by atoms with E-state index < -0.39 is 0 Å². The molecule has 114 valence electrons. The van der Waals surface area contributed by atoms with Crippen LogP contribution in [0.5, 0.6) is 0 Å². The molecule has 1 amide bonds. The van der Waals surface area contributed by atoms with Gasteiger partial charge in [0.25, 0.3) is 0 Å². The van der Waals surface area contributed by atoms with E-state index in [1.807, 2.05) is 39.0 Å². The summed E-state index contributed by atoms with van der Waals surface area (Å²) in [5.41, 5.74) is 1.82. The SMILES string of the molecule is CC(=NO)c1ccccc1NC(=O)C1C(C)OC(C)C1C. The summed E-state index contributed by atoms with van der Waals surface area (Å²) in [5, 5.41) is 15.1. The third kappa shape index (κ3) is 3.08. The number of amides is 1. The molecular weight excluding hydrogens is 268 g/mol. The average Bonchev–Trinajstić information content (AvgIpc) is 2.71. The van der Waals surface area contributed by atoms with Crippen LogP contribution in [0.15, 0.2) is 29.4 Å². The van der Waals surface area contributed by atoms with Crippen molar-refractivity contribution in [3.05, 3.63) is 29.8 Å². The molecule has 1 aromatic carbocycles. The first kappa shape index (κ1) is 15.5. The molecule has 1 aliphatic heterocycles. The van der Waals surface area contributed by atoms with E-state index in [0.717, 1.165) is 0 Å². The van der Waals surface area contributed by atoms with Gasteiger partial charge in [0.2, 0.25) is 5.91 Å². The predicted molar refractivity (Wildman–Crippen MR) is 81.7 cm³/mol. The Morgan fingerprint density at radius 2 is 1.90 bits per heavy atom. The lowest BCUT2D eigenvalue weighted by Gasteiger charge is -2.19. The number of carbonyl (C=O) groups excluding carboxylic acids is 1. The number of rotatable bonds is 3. The monoisotopic (exact) mass is 290 g/mol. The van der Waals surface area contributed by atoms with Crippen molar-refractivity contribution in [2.24, 2.45) is 17.0 Å². The van der Waals surface area contributed by atoms with Gasteiger partial charge >= 0.3 is 0 Å². The van der Waals surface area contributed by atoms with Crippen molar-refractivity contribution >= 4 is 17.3 Å². The van der Waals surface area contributed by atoms with Gasteiger partial charge in [-0.1, -0.05) is 30.3 Å². The number of benzene rings is 1. The summed E-state index contributed by atoms with van der Waals surface area (Å²) in [6, 6.07) is 7.29. The normalized spacial score (nSPS) is 29.4.